The Bertz CT molecular complexity index is 495. The molecule has 1 heterocycles. The quantitative estimate of drug-likeness (QED) is 0.580. The maximum absolute atomic E-state index is 11.5. The van der Waals surface area contributed by atoms with Crippen LogP contribution in [0.3, 0.4) is 0 Å². The fourth-order valence-electron chi connectivity index (χ4n) is 1.48. The SMILES string of the molecule is NC(=O)CC(=O)c1cc2ccccc2[nH]1. The van der Waals surface area contributed by atoms with Crippen LogP contribution in [0.1, 0.15) is 16.9 Å². The highest BCUT2D eigenvalue weighted by atomic mass is 16.2. The molecule has 3 N–H and O–H groups in total. The van der Waals surface area contributed by atoms with Crippen molar-refractivity contribution in [2.75, 3.05) is 0 Å². The van der Waals surface area contributed by atoms with E-state index in [1.54, 1.807) is 6.07 Å². The Kier molecular flexibility index (Phi) is 2.25. The van der Waals surface area contributed by atoms with Gasteiger partial charge >= 0.3 is 0 Å². The standard InChI is InChI=1S/C11H10N2O2/c12-11(15)6-10(14)9-5-7-3-1-2-4-8(7)13-9/h1-5,13H,6H2,(H2,12,15). The summed E-state index contributed by atoms with van der Waals surface area (Å²) in [5.41, 5.74) is 6.26. The van der Waals surface area contributed by atoms with Crippen molar-refractivity contribution in [3.8, 4) is 0 Å². The zero-order valence-corrected chi connectivity index (χ0v) is 7.99. The van der Waals surface area contributed by atoms with Crippen LogP contribution in [0.5, 0.6) is 0 Å². The highest BCUT2D eigenvalue weighted by molar-refractivity contribution is 6.08. The number of para-hydroxylation sites is 1. The second-order valence-electron chi connectivity index (χ2n) is 3.34. The first-order valence-corrected chi connectivity index (χ1v) is 4.56. The lowest BCUT2D eigenvalue weighted by Gasteiger charge is -1.92. The van der Waals surface area contributed by atoms with Crippen molar-refractivity contribution in [1.82, 2.24) is 4.98 Å². The number of ketones is 1. The second kappa shape index (κ2) is 3.57. The third-order valence-corrected chi connectivity index (χ3v) is 2.17. The number of benzene rings is 1. The van der Waals surface area contributed by atoms with Crippen molar-refractivity contribution >= 4 is 22.6 Å². The van der Waals surface area contributed by atoms with Gasteiger partial charge in [0.2, 0.25) is 5.91 Å². The topological polar surface area (TPSA) is 76.0 Å². The minimum Gasteiger partial charge on any atom is -0.369 e. The zero-order valence-electron chi connectivity index (χ0n) is 7.99. The summed E-state index contributed by atoms with van der Waals surface area (Å²) in [6, 6.07) is 9.25. The van der Waals surface area contributed by atoms with Gasteiger partial charge in [-0.25, -0.2) is 0 Å². The molecule has 0 fully saturated rings. The molecule has 0 saturated carbocycles. The number of nitrogens with two attached hydrogens (primary N) is 1. The largest absolute Gasteiger partial charge is 0.369 e. The molecular formula is C11H10N2O2. The van der Waals surface area contributed by atoms with E-state index in [2.05, 4.69) is 4.98 Å². The van der Waals surface area contributed by atoms with Gasteiger partial charge in [-0.05, 0) is 12.1 Å². The minimum absolute atomic E-state index is 0.257. The predicted octanol–water partition coefficient (Wildman–Crippen LogP) is 1.23. The third kappa shape index (κ3) is 1.88. The van der Waals surface area contributed by atoms with Crippen LogP contribution in [0.15, 0.2) is 30.3 Å². The molecule has 0 unspecified atom stereocenters. The van der Waals surface area contributed by atoms with Crippen LogP contribution in [0, 0.1) is 0 Å². The number of aromatic amines is 1. The van der Waals surface area contributed by atoms with Crippen LogP contribution in [0.25, 0.3) is 10.9 Å². The Labute approximate surface area is 86.1 Å². The Morgan fingerprint density at radius 2 is 2.00 bits per heavy atom. The summed E-state index contributed by atoms with van der Waals surface area (Å²) in [6.07, 6.45) is -0.257. The predicted molar refractivity (Wildman–Crippen MR) is 56.4 cm³/mol. The van der Waals surface area contributed by atoms with Crippen LogP contribution < -0.4 is 5.73 Å². The maximum Gasteiger partial charge on any atom is 0.225 e. The summed E-state index contributed by atoms with van der Waals surface area (Å²) in [5, 5.41) is 0.949. The lowest BCUT2D eigenvalue weighted by Crippen LogP contribution is -2.16. The van der Waals surface area contributed by atoms with Gasteiger partial charge in [0.25, 0.3) is 0 Å². The lowest BCUT2D eigenvalue weighted by molar-refractivity contribution is -0.117. The Hall–Kier alpha value is -2.10. The first-order chi connectivity index (χ1) is 7.16. The monoisotopic (exact) mass is 202 g/mol. The number of nitrogens with one attached hydrogen (secondary N) is 1. The summed E-state index contributed by atoms with van der Waals surface area (Å²) in [4.78, 5) is 25.0. The van der Waals surface area contributed by atoms with E-state index in [0.717, 1.165) is 10.9 Å². The summed E-state index contributed by atoms with van der Waals surface area (Å²) < 4.78 is 0. The summed E-state index contributed by atoms with van der Waals surface area (Å²) >= 11 is 0. The lowest BCUT2D eigenvalue weighted by atomic mass is 10.2. The molecule has 1 aromatic heterocycles. The van der Waals surface area contributed by atoms with Crippen molar-refractivity contribution in [2.24, 2.45) is 5.73 Å². The van der Waals surface area contributed by atoms with E-state index >= 15 is 0 Å². The van der Waals surface area contributed by atoms with Crippen LogP contribution in [-0.2, 0) is 4.79 Å². The average molecular weight is 202 g/mol. The first-order valence-electron chi connectivity index (χ1n) is 4.56. The Morgan fingerprint density at radius 3 is 2.67 bits per heavy atom. The fraction of sp³-hybridized carbons (Fsp3) is 0.0909. The zero-order chi connectivity index (χ0) is 10.8. The van der Waals surface area contributed by atoms with Gasteiger partial charge in [-0.15, -0.1) is 0 Å². The molecule has 0 aliphatic rings. The molecule has 0 spiro atoms. The molecule has 0 saturated heterocycles. The first kappa shape index (κ1) is 9.45. The van der Waals surface area contributed by atoms with Gasteiger partial charge < -0.3 is 10.7 Å². The molecule has 4 heteroatoms. The minimum atomic E-state index is -0.612. The van der Waals surface area contributed by atoms with E-state index in [9.17, 15) is 9.59 Å². The Morgan fingerprint density at radius 1 is 1.27 bits per heavy atom. The van der Waals surface area contributed by atoms with Gasteiger partial charge in [-0.3, -0.25) is 9.59 Å². The molecular weight excluding hydrogens is 192 g/mol. The van der Waals surface area contributed by atoms with E-state index in [4.69, 9.17) is 5.73 Å². The number of carbonyl (C=O) groups excluding carboxylic acids is 2. The number of rotatable bonds is 3. The highest BCUT2D eigenvalue weighted by Gasteiger charge is 2.11. The number of hydrogen-bond acceptors (Lipinski definition) is 2. The van der Waals surface area contributed by atoms with Gasteiger partial charge in [-0.2, -0.15) is 0 Å². The van der Waals surface area contributed by atoms with Crippen LogP contribution in [-0.4, -0.2) is 16.7 Å². The number of hydrogen-bond donors (Lipinski definition) is 2. The number of aromatic nitrogens is 1. The maximum atomic E-state index is 11.5. The number of amides is 1. The normalized spacial score (nSPS) is 10.4. The average Bonchev–Trinajstić information content (AvgIpc) is 2.59. The molecule has 0 aliphatic heterocycles. The summed E-state index contributed by atoms with van der Waals surface area (Å²) in [6.45, 7) is 0. The number of Topliss-reactive ketones (excluding diaryl/α,β-unsaturated/α-hetero) is 1. The Balaban J connectivity index is 2.36. The number of primary amides is 1. The number of carbonyl (C=O) groups is 2. The van der Waals surface area contributed by atoms with Crippen molar-refractivity contribution in [3.63, 3.8) is 0 Å². The van der Waals surface area contributed by atoms with E-state index in [1.807, 2.05) is 24.3 Å². The van der Waals surface area contributed by atoms with Gasteiger partial charge in [0, 0.05) is 10.9 Å². The van der Waals surface area contributed by atoms with Gasteiger partial charge in [-0.1, -0.05) is 18.2 Å². The molecule has 0 aliphatic carbocycles. The number of H-pyrrole nitrogens is 1. The number of fused-ring (bicyclic) bond motifs is 1. The van der Waals surface area contributed by atoms with E-state index in [-0.39, 0.29) is 12.2 Å². The highest BCUT2D eigenvalue weighted by Crippen LogP contribution is 2.15. The van der Waals surface area contributed by atoms with Gasteiger partial charge in [0.15, 0.2) is 5.78 Å². The molecule has 76 valence electrons. The van der Waals surface area contributed by atoms with Crippen molar-refractivity contribution in [1.29, 1.82) is 0 Å². The van der Waals surface area contributed by atoms with Crippen molar-refractivity contribution in [2.45, 2.75) is 6.42 Å². The second-order valence-corrected chi connectivity index (χ2v) is 3.34. The van der Waals surface area contributed by atoms with Gasteiger partial charge in [0.05, 0.1) is 12.1 Å². The van der Waals surface area contributed by atoms with Crippen LogP contribution in [0.2, 0.25) is 0 Å². The van der Waals surface area contributed by atoms with E-state index in [1.165, 1.54) is 0 Å². The smallest absolute Gasteiger partial charge is 0.225 e. The molecule has 2 aromatic rings. The van der Waals surface area contributed by atoms with Crippen molar-refractivity contribution in [3.05, 3.63) is 36.0 Å². The molecule has 1 amide bonds. The molecule has 1 aromatic carbocycles. The van der Waals surface area contributed by atoms with E-state index in [0.29, 0.717) is 5.69 Å². The van der Waals surface area contributed by atoms with Crippen LogP contribution in [0.4, 0.5) is 0 Å². The third-order valence-electron chi connectivity index (χ3n) is 2.17. The fourth-order valence-corrected chi connectivity index (χ4v) is 1.48. The summed E-state index contributed by atoms with van der Waals surface area (Å²) in [5.74, 6) is -0.891. The van der Waals surface area contributed by atoms with Crippen molar-refractivity contribution < 1.29 is 9.59 Å². The molecule has 0 atom stereocenters. The molecule has 15 heavy (non-hydrogen) atoms. The molecule has 4 nitrogen and oxygen atoms in total. The van der Waals surface area contributed by atoms with Gasteiger partial charge in [0.1, 0.15) is 0 Å². The van der Waals surface area contributed by atoms with E-state index < -0.39 is 5.91 Å². The molecule has 0 bridgehead atoms. The molecule has 0 radical (unpaired) electrons. The molecule has 2 rings (SSSR count). The van der Waals surface area contributed by atoms with Crippen LogP contribution >= 0.6 is 0 Å². The summed E-state index contributed by atoms with van der Waals surface area (Å²) in [7, 11) is 0.